The third kappa shape index (κ3) is 4.15. The number of carbonyl (C=O) groups is 1. The first kappa shape index (κ1) is 19.2. The van der Waals surface area contributed by atoms with E-state index in [0.29, 0.717) is 16.8 Å². The van der Waals surface area contributed by atoms with Gasteiger partial charge in [0.1, 0.15) is 0 Å². The third-order valence-electron chi connectivity index (χ3n) is 5.85. The molecule has 3 heterocycles. The molecule has 1 aromatic carbocycles. The summed E-state index contributed by atoms with van der Waals surface area (Å²) >= 11 is 6.43. The van der Waals surface area contributed by atoms with Crippen molar-refractivity contribution in [3.8, 4) is 0 Å². The van der Waals surface area contributed by atoms with Gasteiger partial charge in [-0.05, 0) is 55.8 Å². The molecule has 0 aliphatic carbocycles. The van der Waals surface area contributed by atoms with Crippen molar-refractivity contribution in [2.45, 2.75) is 37.6 Å². The van der Waals surface area contributed by atoms with Gasteiger partial charge in [0.25, 0.3) is 0 Å². The molecule has 2 aliphatic rings. The molecule has 1 N–H and O–H groups in total. The normalized spacial score (nSPS) is 20.8. The first-order valence-corrected chi connectivity index (χ1v) is 10.6. The second-order valence-electron chi connectivity index (χ2n) is 7.63. The van der Waals surface area contributed by atoms with Gasteiger partial charge in [0, 0.05) is 25.8 Å². The van der Waals surface area contributed by atoms with Crippen LogP contribution in [-0.4, -0.2) is 48.1 Å². The Morgan fingerprint density at radius 2 is 1.89 bits per heavy atom. The monoisotopic (exact) mass is 398 g/mol. The van der Waals surface area contributed by atoms with E-state index in [4.69, 9.17) is 11.6 Å². The van der Waals surface area contributed by atoms with E-state index in [1.54, 1.807) is 12.3 Å². The Balaban J connectivity index is 1.50. The zero-order valence-corrected chi connectivity index (χ0v) is 16.8. The Morgan fingerprint density at radius 1 is 1.11 bits per heavy atom. The number of nitrogens with zero attached hydrogens (tertiary/aromatic N) is 3. The number of aromatic nitrogens is 1. The maximum Gasteiger partial charge on any atom is 0.326 e. The predicted octanol–water partition coefficient (Wildman–Crippen LogP) is 4.29. The third-order valence-corrected chi connectivity index (χ3v) is 6.14. The lowest BCUT2D eigenvalue weighted by atomic mass is 9.89. The number of likely N-dealkylation sites (tertiary alicyclic amines) is 1. The van der Waals surface area contributed by atoms with Gasteiger partial charge in [0.2, 0.25) is 0 Å². The summed E-state index contributed by atoms with van der Waals surface area (Å²) in [6, 6.07) is 14.3. The Kier molecular flexibility index (Phi) is 6.13. The first-order chi connectivity index (χ1) is 13.7. The number of anilines is 1. The molecular formula is C22H27ClN4O. The molecule has 2 amide bonds. The number of benzene rings is 1. The van der Waals surface area contributed by atoms with Gasteiger partial charge in [-0.1, -0.05) is 41.9 Å². The summed E-state index contributed by atoms with van der Waals surface area (Å²) in [6.07, 6.45) is 5.70. The lowest BCUT2D eigenvalue weighted by Gasteiger charge is -2.40. The first-order valence-electron chi connectivity index (χ1n) is 10.2. The zero-order chi connectivity index (χ0) is 19.3. The Labute approximate surface area is 171 Å². The van der Waals surface area contributed by atoms with Crippen LogP contribution in [0.3, 0.4) is 0 Å². The molecule has 0 saturated carbocycles. The molecule has 2 saturated heterocycles. The van der Waals surface area contributed by atoms with Crippen LogP contribution < -0.4 is 10.2 Å². The van der Waals surface area contributed by atoms with Crippen LogP contribution in [0.5, 0.6) is 0 Å². The van der Waals surface area contributed by atoms with E-state index >= 15 is 0 Å². The molecule has 0 spiro atoms. The molecule has 2 aromatic rings. The van der Waals surface area contributed by atoms with Crippen molar-refractivity contribution < 1.29 is 4.79 Å². The summed E-state index contributed by atoms with van der Waals surface area (Å²) in [4.78, 5) is 21.8. The van der Waals surface area contributed by atoms with Gasteiger partial charge in [-0.25, -0.2) is 9.78 Å². The molecule has 0 unspecified atom stereocenters. The largest absolute Gasteiger partial charge is 0.326 e. The van der Waals surface area contributed by atoms with Crippen LogP contribution in [0, 0.1) is 0 Å². The maximum atomic E-state index is 13.5. The fourth-order valence-corrected chi connectivity index (χ4v) is 4.52. The van der Waals surface area contributed by atoms with Gasteiger partial charge in [-0.15, -0.1) is 0 Å². The number of carbonyl (C=O) groups excluding carboxylic acids is 1. The smallest absolute Gasteiger partial charge is 0.324 e. The lowest BCUT2D eigenvalue weighted by molar-refractivity contribution is 0.183. The summed E-state index contributed by atoms with van der Waals surface area (Å²) in [5, 5.41) is 3.94. The summed E-state index contributed by atoms with van der Waals surface area (Å²) in [7, 11) is 0. The van der Waals surface area contributed by atoms with Crippen molar-refractivity contribution in [3.05, 3.63) is 59.2 Å². The van der Waals surface area contributed by atoms with E-state index in [0.717, 1.165) is 51.9 Å². The van der Waals surface area contributed by atoms with Crippen LogP contribution in [0.2, 0.25) is 5.02 Å². The SMILES string of the molecule is O=C(N1CCC(c2ccccc2)CC1)N(c1ncccc1Cl)[C@@H]1CCCNC1. The molecule has 6 heteroatoms. The van der Waals surface area contributed by atoms with Gasteiger partial charge >= 0.3 is 6.03 Å². The summed E-state index contributed by atoms with van der Waals surface area (Å²) in [5.74, 6) is 1.10. The van der Waals surface area contributed by atoms with Crippen LogP contribution in [0.1, 0.15) is 37.2 Å². The molecular weight excluding hydrogens is 372 g/mol. The molecule has 5 nitrogen and oxygen atoms in total. The fraction of sp³-hybridized carbons (Fsp3) is 0.455. The number of amides is 2. The second kappa shape index (κ2) is 8.93. The van der Waals surface area contributed by atoms with Gasteiger partial charge in [0.05, 0.1) is 11.1 Å². The lowest BCUT2D eigenvalue weighted by Crippen LogP contribution is -2.55. The topological polar surface area (TPSA) is 48.5 Å². The highest BCUT2D eigenvalue weighted by atomic mass is 35.5. The second-order valence-corrected chi connectivity index (χ2v) is 8.04. The van der Waals surface area contributed by atoms with E-state index in [1.807, 2.05) is 15.9 Å². The minimum Gasteiger partial charge on any atom is -0.324 e. The molecule has 0 radical (unpaired) electrons. The van der Waals surface area contributed by atoms with Crippen LogP contribution in [0.4, 0.5) is 10.6 Å². The molecule has 28 heavy (non-hydrogen) atoms. The van der Waals surface area contributed by atoms with Gasteiger partial charge in [-0.3, -0.25) is 4.90 Å². The average Bonchev–Trinajstić information content (AvgIpc) is 2.77. The highest BCUT2D eigenvalue weighted by Gasteiger charge is 2.34. The van der Waals surface area contributed by atoms with Crippen molar-refractivity contribution in [2.75, 3.05) is 31.1 Å². The minimum absolute atomic E-state index is 0.0285. The number of urea groups is 1. The van der Waals surface area contributed by atoms with Gasteiger partial charge < -0.3 is 10.2 Å². The van der Waals surface area contributed by atoms with Crippen molar-refractivity contribution >= 4 is 23.4 Å². The summed E-state index contributed by atoms with van der Waals surface area (Å²) in [5.41, 5.74) is 1.37. The van der Waals surface area contributed by atoms with E-state index in [2.05, 4.69) is 40.6 Å². The molecule has 0 bridgehead atoms. The van der Waals surface area contributed by atoms with Crippen molar-refractivity contribution in [2.24, 2.45) is 0 Å². The van der Waals surface area contributed by atoms with E-state index in [9.17, 15) is 4.79 Å². The molecule has 2 aliphatic heterocycles. The van der Waals surface area contributed by atoms with Crippen molar-refractivity contribution in [3.63, 3.8) is 0 Å². The zero-order valence-electron chi connectivity index (χ0n) is 16.1. The van der Waals surface area contributed by atoms with E-state index < -0.39 is 0 Å². The number of rotatable bonds is 3. The van der Waals surface area contributed by atoms with E-state index in [-0.39, 0.29) is 12.1 Å². The number of piperidine rings is 2. The number of hydrogen-bond donors (Lipinski definition) is 1. The number of nitrogens with one attached hydrogen (secondary N) is 1. The van der Waals surface area contributed by atoms with Gasteiger partial charge in [-0.2, -0.15) is 0 Å². The minimum atomic E-state index is 0.0285. The number of halogens is 1. The molecule has 2 fully saturated rings. The molecule has 148 valence electrons. The van der Waals surface area contributed by atoms with Crippen LogP contribution >= 0.6 is 11.6 Å². The Hall–Kier alpha value is -2.11. The summed E-state index contributed by atoms with van der Waals surface area (Å²) in [6.45, 7) is 3.30. The van der Waals surface area contributed by atoms with Crippen molar-refractivity contribution in [1.29, 1.82) is 0 Å². The average molecular weight is 399 g/mol. The fourth-order valence-electron chi connectivity index (χ4n) is 4.31. The van der Waals surface area contributed by atoms with E-state index in [1.165, 1.54) is 5.56 Å². The van der Waals surface area contributed by atoms with Crippen LogP contribution in [0.25, 0.3) is 0 Å². The molecule has 1 aromatic heterocycles. The Bertz CT molecular complexity index is 786. The van der Waals surface area contributed by atoms with Gasteiger partial charge in [0.15, 0.2) is 5.82 Å². The van der Waals surface area contributed by atoms with Crippen LogP contribution in [0.15, 0.2) is 48.7 Å². The highest BCUT2D eigenvalue weighted by Crippen LogP contribution is 2.31. The highest BCUT2D eigenvalue weighted by molar-refractivity contribution is 6.33. The van der Waals surface area contributed by atoms with Crippen LogP contribution in [-0.2, 0) is 0 Å². The number of pyridine rings is 1. The quantitative estimate of drug-likeness (QED) is 0.838. The Morgan fingerprint density at radius 3 is 2.57 bits per heavy atom. The van der Waals surface area contributed by atoms with Crippen molar-refractivity contribution in [1.82, 2.24) is 15.2 Å². The molecule has 4 rings (SSSR count). The molecule has 1 atom stereocenters. The summed E-state index contributed by atoms with van der Waals surface area (Å²) < 4.78 is 0. The predicted molar refractivity (Wildman–Crippen MR) is 113 cm³/mol. The standard InChI is InChI=1S/C22H27ClN4O/c23-20-9-5-13-25-21(20)27(19-8-4-12-24-16-19)22(28)26-14-10-18(11-15-26)17-6-2-1-3-7-17/h1-3,5-7,9,13,18-19,24H,4,8,10-12,14-16H2/t19-/m1/s1. The maximum absolute atomic E-state index is 13.5. The number of hydrogen-bond acceptors (Lipinski definition) is 3.